The minimum absolute atomic E-state index is 0.00863. The van der Waals surface area contributed by atoms with Crippen molar-refractivity contribution in [3.63, 3.8) is 0 Å². The van der Waals surface area contributed by atoms with Crippen molar-refractivity contribution in [2.75, 3.05) is 19.8 Å². The second kappa shape index (κ2) is 14.1. The van der Waals surface area contributed by atoms with Crippen LogP contribution < -0.4 is 10.6 Å². The minimum atomic E-state index is -0.551. The lowest BCUT2D eigenvalue weighted by atomic mass is 9.94. The molecule has 0 spiro atoms. The van der Waals surface area contributed by atoms with Gasteiger partial charge < -0.3 is 20.5 Å². The molecule has 7 nitrogen and oxygen atoms in total. The van der Waals surface area contributed by atoms with Gasteiger partial charge >= 0.3 is 5.97 Å². The van der Waals surface area contributed by atoms with Gasteiger partial charge in [0.25, 0.3) is 0 Å². The van der Waals surface area contributed by atoms with E-state index in [0.29, 0.717) is 25.7 Å². The highest BCUT2D eigenvalue weighted by molar-refractivity contribution is 5.86. The summed E-state index contributed by atoms with van der Waals surface area (Å²) >= 11 is 0. The van der Waals surface area contributed by atoms with Crippen molar-refractivity contribution < 1.29 is 24.2 Å². The first-order chi connectivity index (χ1) is 17.0. The van der Waals surface area contributed by atoms with E-state index in [-0.39, 0.29) is 49.9 Å². The summed E-state index contributed by atoms with van der Waals surface area (Å²) in [4.78, 5) is 37.9. The number of cyclic esters (lactones) is 1. The van der Waals surface area contributed by atoms with Crippen molar-refractivity contribution in [1.29, 1.82) is 0 Å². The fraction of sp³-hybridized carbons (Fsp3) is 0.393. The number of carbonyl (C=O) groups excluding carboxylic acids is 3. The van der Waals surface area contributed by atoms with E-state index in [2.05, 4.69) is 10.6 Å². The molecule has 1 heterocycles. The molecule has 0 fully saturated rings. The maximum Gasteiger partial charge on any atom is 0.309 e. The number of aliphatic hydroxyl groups excluding tert-OH is 1. The maximum absolute atomic E-state index is 12.7. The molecule has 3 rings (SSSR count). The molecule has 3 N–H and O–H groups in total. The molecule has 1 aliphatic rings. The fourth-order valence-corrected chi connectivity index (χ4v) is 4.12. The first kappa shape index (κ1) is 26.2. The summed E-state index contributed by atoms with van der Waals surface area (Å²) in [7, 11) is 0. The SMILES string of the molecule is O=C(C[C@H]1CC=CC[C@H](Cc2ccccc2)C(=O)OCCNC1=O)N[C@@H](CO)Cc1ccccc1. The minimum Gasteiger partial charge on any atom is -0.464 e. The fourth-order valence-electron chi connectivity index (χ4n) is 4.12. The van der Waals surface area contributed by atoms with Gasteiger partial charge in [0.2, 0.25) is 11.8 Å². The van der Waals surface area contributed by atoms with Gasteiger partial charge in [-0.2, -0.15) is 0 Å². The zero-order chi connectivity index (χ0) is 24.9. The predicted molar refractivity (Wildman–Crippen MR) is 133 cm³/mol. The summed E-state index contributed by atoms with van der Waals surface area (Å²) in [6, 6.07) is 19.0. The van der Waals surface area contributed by atoms with Crippen LogP contribution in [0.4, 0.5) is 0 Å². The molecule has 1 aliphatic heterocycles. The molecule has 2 aromatic rings. The highest BCUT2D eigenvalue weighted by Crippen LogP contribution is 2.17. The molecular formula is C28H34N2O5. The van der Waals surface area contributed by atoms with E-state index in [4.69, 9.17) is 4.74 Å². The third-order valence-corrected chi connectivity index (χ3v) is 6.02. The van der Waals surface area contributed by atoms with Crippen LogP contribution in [0.3, 0.4) is 0 Å². The van der Waals surface area contributed by atoms with Crippen LogP contribution in [-0.4, -0.2) is 48.7 Å². The van der Waals surface area contributed by atoms with Crippen LogP contribution in [0.2, 0.25) is 0 Å². The Hall–Kier alpha value is -3.45. The Balaban J connectivity index is 1.59. The van der Waals surface area contributed by atoms with Gasteiger partial charge in [-0.1, -0.05) is 72.8 Å². The summed E-state index contributed by atoms with van der Waals surface area (Å²) in [5.74, 6) is -1.68. The lowest BCUT2D eigenvalue weighted by Crippen LogP contribution is -2.42. The second-order valence-corrected chi connectivity index (χ2v) is 8.83. The van der Waals surface area contributed by atoms with Gasteiger partial charge in [0.1, 0.15) is 6.61 Å². The second-order valence-electron chi connectivity index (χ2n) is 8.83. The molecule has 0 aromatic heterocycles. The molecule has 3 atom stereocenters. The number of nitrogens with one attached hydrogen (secondary N) is 2. The number of hydrogen-bond donors (Lipinski definition) is 3. The zero-order valence-corrected chi connectivity index (χ0v) is 19.9. The van der Waals surface area contributed by atoms with Crippen LogP contribution in [0.15, 0.2) is 72.8 Å². The molecule has 0 saturated carbocycles. The zero-order valence-electron chi connectivity index (χ0n) is 19.9. The standard InChI is InChI=1S/C28H34N2O5/c31-20-25(18-22-11-5-2-6-12-22)30-26(32)19-23-13-7-8-14-24(17-21-9-3-1-4-10-21)28(34)35-16-15-29-27(23)33/h1-12,23-25,31H,13-20H2,(H,29,33)(H,30,32)/t23-,24-,25-/m1/s1. The van der Waals surface area contributed by atoms with Gasteiger partial charge in [0.15, 0.2) is 0 Å². The van der Waals surface area contributed by atoms with Crippen LogP contribution in [-0.2, 0) is 32.0 Å². The Bertz CT molecular complexity index is 977. The normalized spacial score (nSPS) is 20.0. The molecule has 0 radical (unpaired) electrons. The number of rotatable bonds is 8. The van der Waals surface area contributed by atoms with Crippen LogP contribution >= 0.6 is 0 Å². The smallest absolute Gasteiger partial charge is 0.309 e. The van der Waals surface area contributed by atoms with E-state index in [9.17, 15) is 19.5 Å². The largest absolute Gasteiger partial charge is 0.464 e. The Labute approximate surface area is 206 Å². The quantitative estimate of drug-likeness (QED) is 0.400. The van der Waals surface area contributed by atoms with E-state index in [1.807, 2.05) is 72.8 Å². The molecular weight excluding hydrogens is 444 g/mol. The van der Waals surface area contributed by atoms with Crippen molar-refractivity contribution in [1.82, 2.24) is 10.6 Å². The Morgan fingerprint density at radius 1 is 0.971 bits per heavy atom. The van der Waals surface area contributed by atoms with E-state index < -0.39 is 12.0 Å². The average Bonchev–Trinajstić information content (AvgIpc) is 2.87. The Morgan fingerprint density at radius 2 is 1.60 bits per heavy atom. The molecule has 2 amide bonds. The van der Waals surface area contributed by atoms with E-state index >= 15 is 0 Å². The maximum atomic E-state index is 12.7. The molecule has 0 saturated heterocycles. The van der Waals surface area contributed by atoms with Gasteiger partial charge in [0, 0.05) is 6.42 Å². The Kier molecular flexibility index (Phi) is 10.5. The van der Waals surface area contributed by atoms with Crippen molar-refractivity contribution >= 4 is 17.8 Å². The number of benzene rings is 2. The molecule has 0 bridgehead atoms. The average molecular weight is 479 g/mol. The number of ether oxygens (including phenoxy) is 1. The summed E-state index contributed by atoms with van der Waals surface area (Å²) in [5, 5.41) is 15.3. The first-order valence-corrected chi connectivity index (χ1v) is 12.1. The van der Waals surface area contributed by atoms with Crippen LogP contribution in [0.25, 0.3) is 0 Å². The number of amides is 2. The first-order valence-electron chi connectivity index (χ1n) is 12.1. The molecule has 0 aliphatic carbocycles. The van der Waals surface area contributed by atoms with Crippen LogP contribution in [0.1, 0.15) is 30.4 Å². The number of aliphatic hydroxyl groups is 1. The van der Waals surface area contributed by atoms with Crippen LogP contribution in [0, 0.1) is 11.8 Å². The summed E-state index contributed by atoms with van der Waals surface area (Å²) in [6.45, 7) is 0.0888. The summed E-state index contributed by atoms with van der Waals surface area (Å²) < 4.78 is 5.39. The van der Waals surface area contributed by atoms with Crippen molar-refractivity contribution in [3.05, 3.63) is 83.9 Å². The summed E-state index contributed by atoms with van der Waals surface area (Å²) in [6.07, 6.45) is 5.72. The van der Waals surface area contributed by atoms with E-state index in [1.54, 1.807) is 0 Å². The number of hydrogen-bond acceptors (Lipinski definition) is 5. The molecule has 35 heavy (non-hydrogen) atoms. The van der Waals surface area contributed by atoms with Crippen LogP contribution in [0.5, 0.6) is 0 Å². The molecule has 2 aromatic carbocycles. The monoisotopic (exact) mass is 478 g/mol. The van der Waals surface area contributed by atoms with Gasteiger partial charge in [-0.3, -0.25) is 14.4 Å². The number of allylic oxidation sites excluding steroid dienone is 2. The van der Waals surface area contributed by atoms with Gasteiger partial charge in [-0.25, -0.2) is 0 Å². The van der Waals surface area contributed by atoms with Crippen molar-refractivity contribution in [2.45, 2.75) is 38.1 Å². The lowest BCUT2D eigenvalue weighted by molar-refractivity contribution is -0.148. The third kappa shape index (κ3) is 9.02. The van der Waals surface area contributed by atoms with Gasteiger partial charge in [0.05, 0.1) is 31.0 Å². The number of carbonyl (C=O) groups is 3. The predicted octanol–water partition coefficient (Wildman–Crippen LogP) is 2.58. The van der Waals surface area contributed by atoms with E-state index in [0.717, 1.165) is 11.1 Å². The summed E-state index contributed by atoms with van der Waals surface area (Å²) in [5.41, 5.74) is 2.07. The van der Waals surface area contributed by atoms with Gasteiger partial charge in [-0.05, 0) is 36.8 Å². The molecule has 186 valence electrons. The lowest BCUT2D eigenvalue weighted by Gasteiger charge is -2.20. The van der Waals surface area contributed by atoms with E-state index in [1.165, 1.54) is 0 Å². The highest BCUT2D eigenvalue weighted by Gasteiger charge is 2.24. The third-order valence-electron chi connectivity index (χ3n) is 6.02. The van der Waals surface area contributed by atoms with Crippen molar-refractivity contribution in [3.8, 4) is 0 Å². The van der Waals surface area contributed by atoms with Gasteiger partial charge in [-0.15, -0.1) is 0 Å². The molecule has 0 unspecified atom stereocenters. The number of esters is 1. The topological polar surface area (TPSA) is 105 Å². The van der Waals surface area contributed by atoms with Crippen molar-refractivity contribution in [2.24, 2.45) is 11.8 Å². The molecule has 7 heteroatoms. The highest BCUT2D eigenvalue weighted by atomic mass is 16.5. The Morgan fingerprint density at radius 3 is 2.26 bits per heavy atom.